The van der Waals surface area contributed by atoms with E-state index >= 15 is 0 Å². The van der Waals surface area contributed by atoms with Crippen molar-refractivity contribution >= 4 is 45.2 Å². The fraction of sp³-hybridized carbons (Fsp3) is 0.154. The number of carbonyl (C=O) groups excluding carboxylic acids is 1. The Labute approximate surface area is 206 Å². The zero-order valence-corrected chi connectivity index (χ0v) is 20.5. The third kappa shape index (κ3) is 6.61. The summed E-state index contributed by atoms with van der Waals surface area (Å²) in [7, 11) is 0. The highest BCUT2D eigenvalue weighted by atomic mass is 79.9. The van der Waals surface area contributed by atoms with Crippen molar-refractivity contribution in [3.63, 3.8) is 0 Å². The maximum Gasteiger partial charge on any atom is 0.266 e. The number of nitrogens with one attached hydrogen (secondary N) is 1. The predicted molar refractivity (Wildman–Crippen MR) is 134 cm³/mol. The average Bonchev–Trinajstić information content (AvgIpc) is 2.80. The number of amides is 1. The molecule has 3 aromatic carbocycles. The van der Waals surface area contributed by atoms with Crippen LogP contribution in [-0.2, 0) is 11.4 Å². The van der Waals surface area contributed by atoms with Crippen molar-refractivity contribution in [2.24, 2.45) is 0 Å². The quantitative estimate of drug-likeness (QED) is 0.256. The van der Waals surface area contributed by atoms with Crippen molar-refractivity contribution in [2.45, 2.75) is 20.5 Å². The fourth-order valence-corrected chi connectivity index (χ4v) is 3.78. The minimum absolute atomic E-state index is 0.0540. The highest BCUT2D eigenvalue weighted by molar-refractivity contribution is 9.10. The number of halogens is 2. The number of rotatable bonds is 8. The molecule has 0 aliphatic rings. The van der Waals surface area contributed by atoms with Gasteiger partial charge in [0.05, 0.1) is 11.1 Å². The second-order valence-corrected chi connectivity index (χ2v) is 8.41. The first kappa shape index (κ1) is 24.4. The number of hydrogen-bond donors (Lipinski definition) is 1. The van der Waals surface area contributed by atoms with Crippen LogP contribution in [0.3, 0.4) is 0 Å². The lowest BCUT2D eigenvalue weighted by atomic mass is 10.1. The lowest BCUT2D eigenvalue weighted by Crippen LogP contribution is -2.14. The van der Waals surface area contributed by atoms with E-state index in [9.17, 15) is 10.1 Å². The van der Waals surface area contributed by atoms with Crippen LogP contribution in [0.15, 0.2) is 70.7 Å². The summed E-state index contributed by atoms with van der Waals surface area (Å²) < 4.78 is 12.4. The molecule has 0 heterocycles. The first-order valence-corrected chi connectivity index (χ1v) is 11.4. The molecule has 1 amide bonds. The Bertz CT molecular complexity index is 1220. The van der Waals surface area contributed by atoms with Gasteiger partial charge in [0.1, 0.15) is 18.2 Å². The Morgan fingerprint density at radius 3 is 2.61 bits per heavy atom. The molecule has 0 aliphatic carbocycles. The van der Waals surface area contributed by atoms with Gasteiger partial charge in [-0.2, -0.15) is 5.26 Å². The second kappa shape index (κ2) is 11.6. The molecule has 33 heavy (non-hydrogen) atoms. The van der Waals surface area contributed by atoms with Gasteiger partial charge in [0.25, 0.3) is 5.91 Å². The third-order valence-corrected chi connectivity index (χ3v) is 5.51. The number of anilines is 1. The Morgan fingerprint density at radius 1 is 1.15 bits per heavy atom. The number of ether oxygens (including phenoxy) is 2. The summed E-state index contributed by atoms with van der Waals surface area (Å²) in [5.41, 5.74) is 2.98. The van der Waals surface area contributed by atoms with Gasteiger partial charge in [0.2, 0.25) is 0 Å². The van der Waals surface area contributed by atoms with Gasteiger partial charge in [-0.15, -0.1) is 0 Å². The highest BCUT2D eigenvalue weighted by Crippen LogP contribution is 2.38. The lowest BCUT2D eigenvalue weighted by Gasteiger charge is -2.15. The Hall–Kier alpha value is -3.27. The average molecular weight is 526 g/mol. The Balaban J connectivity index is 1.86. The molecule has 1 N–H and O–H groups in total. The van der Waals surface area contributed by atoms with E-state index in [0.717, 1.165) is 11.1 Å². The molecule has 7 heteroatoms. The SMILES string of the molecule is CCOc1cc(/C=C(\C#N)C(=O)Nc2cc(Cl)ccc2C)cc(Br)c1OCc1ccccc1. The Kier molecular flexibility index (Phi) is 8.53. The van der Waals surface area contributed by atoms with Crippen molar-refractivity contribution in [3.05, 3.63) is 92.4 Å². The summed E-state index contributed by atoms with van der Waals surface area (Å²) in [4.78, 5) is 12.7. The van der Waals surface area contributed by atoms with E-state index in [2.05, 4.69) is 21.2 Å². The van der Waals surface area contributed by atoms with Gasteiger partial charge in [-0.05, 0) is 76.8 Å². The molecule has 0 aromatic heterocycles. The van der Waals surface area contributed by atoms with Crippen LogP contribution >= 0.6 is 27.5 Å². The summed E-state index contributed by atoms with van der Waals surface area (Å²) in [6.45, 7) is 4.53. The van der Waals surface area contributed by atoms with Crippen LogP contribution in [0.2, 0.25) is 5.02 Å². The fourth-order valence-electron chi connectivity index (χ4n) is 3.04. The number of aryl methyl sites for hydroxylation is 1. The number of nitriles is 1. The van der Waals surface area contributed by atoms with Crippen molar-refractivity contribution in [1.29, 1.82) is 5.26 Å². The number of nitrogens with zero attached hydrogens (tertiary/aromatic N) is 1. The van der Waals surface area contributed by atoms with E-state index in [4.69, 9.17) is 21.1 Å². The van der Waals surface area contributed by atoms with Crippen molar-refractivity contribution in [1.82, 2.24) is 0 Å². The molecular formula is C26H22BrClN2O3. The lowest BCUT2D eigenvalue weighted by molar-refractivity contribution is -0.112. The number of hydrogen-bond acceptors (Lipinski definition) is 4. The molecule has 0 bridgehead atoms. The second-order valence-electron chi connectivity index (χ2n) is 7.12. The zero-order valence-electron chi connectivity index (χ0n) is 18.2. The van der Waals surface area contributed by atoms with Gasteiger partial charge in [0.15, 0.2) is 11.5 Å². The van der Waals surface area contributed by atoms with Crippen molar-refractivity contribution in [2.75, 3.05) is 11.9 Å². The van der Waals surface area contributed by atoms with Gasteiger partial charge >= 0.3 is 0 Å². The Morgan fingerprint density at radius 2 is 1.91 bits per heavy atom. The van der Waals surface area contributed by atoms with Crippen molar-refractivity contribution < 1.29 is 14.3 Å². The first-order valence-electron chi connectivity index (χ1n) is 10.2. The summed E-state index contributed by atoms with van der Waals surface area (Å²) in [5.74, 6) is 0.536. The van der Waals surface area contributed by atoms with Crippen LogP contribution in [0.5, 0.6) is 11.5 Å². The standard InChI is InChI=1S/C26H22BrClN2O3/c1-3-32-24-13-19(12-22(27)25(24)33-16-18-7-5-4-6-8-18)11-20(15-29)26(31)30-23-14-21(28)10-9-17(23)2/h4-14H,3,16H2,1-2H3,(H,30,31)/b20-11+. The van der Waals surface area contributed by atoms with E-state index in [1.54, 1.807) is 30.3 Å². The molecule has 5 nitrogen and oxygen atoms in total. The summed E-state index contributed by atoms with van der Waals surface area (Å²) in [6, 6.07) is 20.5. The monoisotopic (exact) mass is 524 g/mol. The van der Waals surface area contributed by atoms with E-state index in [1.165, 1.54) is 6.08 Å². The van der Waals surface area contributed by atoms with E-state index in [0.29, 0.717) is 45.5 Å². The van der Waals surface area contributed by atoms with Crippen LogP contribution in [-0.4, -0.2) is 12.5 Å². The number of carbonyl (C=O) groups is 1. The molecule has 0 fully saturated rings. The molecule has 0 saturated heterocycles. The predicted octanol–water partition coefficient (Wildman–Crippen LogP) is 6.93. The van der Waals surface area contributed by atoms with Gasteiger partial charge in [0, 0.05) is 10.7 Å². The molecule has 0 unspecified atom stereocenters. The maximum atomic E-state index is 12.7. The minimum atomic E-state index is -0.527. The van der Waals surface area contributed by atoms with Gasteiger partial charge in [-0.25, -0.2) is 0 Å². The molecular weight excluding hydrogens is 504 g/mol. The van der Waals surface area contributed by atoms with Crippen LogP contribution in [0.1, 0.15) is 23.6 Å². The summed E-state index contributed by atoms with van der Waals surface area (Å²) in [6.07, 6.45) is 1.50. The molecule has 0 saturated carbocycles. The normalized spacial score (nSPS) is 10.9. The molecule has 0 spiro atoms. The van der Waals surface area contributed by atoms with E-state index < -0.39 is 5.91 Å². The summed E-state index contributed by atoms with van der Waals surface area (Å²) in [5, 5.41) is 12.8. The largest absolute Gasteiger partial charge is 0.490 e. The third-order valence-electron chi connectivity index (χ3n) is 4.68. The molecule has 3 rings (SSSR count). The van der Waals surface area contributed by atoms with Crippen molar-refractivity contribution in [3.8, 4) is 17.6 Å². The van der Waals surface area contributed by atoms with E-state index in [1.807, 2.05) is 50.2 Å². The molecule has 3 aromatic rings. The van der Waals surface area contributed by atoms with Gasteiger partial charge in [-0.1, -0.05) is 48.0 Å². The molecule has 0 aliphatic heterocycles. The topological polar surface area (TPSA) is 71.3 Å². The van der Waals surface area contributed by atoms with E-state index in [-0.39, 0.29) is 5.57 Å². The van der Waals surface area contributed by atoms with Crippen LogP contribution < -0.4 is 14.8 Å². The van der Waals surface area contributed by atoms with Crippen LogP contribution in [0, 0.1) is 18.3 Å². The minimum Gasteiger partial charge on any atom is -0.490 e. The number of benzene rings is 3. The van der Waals surface area contributed by atoms with Crippen LogP contribution in [0.25, 0.3) is 6.08 Å². The molecule has 0 atom stereocenters. The first-order chi connectivity index (χ1) is 15.9. The molecule has 168 valence electrons. The van der Waals surface area contributed by atoms with Crippen LogP contribution in [0.4, 0.5) is 5.69 Å². The van der Waals surface area contributed by atoms with Gasteiger partial charge < -0.3 is 14.8 Å². The zero-order chi connectivity index (χ0) is 23.8. The maximum absolute atomic E-state index is 12.7. The highest BCUT2D eigenvalue weighted by Gasteiger charge is 2.15. The smallest absolute Gasteiger partial charge is 0.266 e. The molecule has 0 radical (unpaired) electrons. The van der Waals surface area contributed by atoms with Gasteiger partial charge in [-0.3, -0.25) is 4.79 Å². The summed E-state index contributed by atoms with van der Waals surface area (Å²) >= 11 is 9.56.